The van der Waals surface area contributed by atoms with Gasteiger partial charge in [-0.2, -0.15) is 4.98 Å². The number of aromatic nitrogens is 2. The highest BCUT2D eigenvalue weighted by Gasteiger charge is 2.45. The van der Waals surface area contributed by atoms with E-state index in [1.54, 1.807) is 0 Å². The summed E-state index contributed by atoms with van der Waals surface area (Å²) in [5.41, 5.74) is 4.24. The summed E-state index contributed by atoms with van der Waals surface area (Å²) in [6, 6.07) is 11.3. The summed E-state index contributed by atoms with van der Waals surface area (Å²) in [4.78, 5) is 34.1. The molecule has 4 heterocycles. The molecule has 10 heteroatoms. The number of esters is 1. The van der Waals surface area contributed by atoms with Gasteiger partial charge in [-0.05, 0) is 61.1 Å². The number of piperidine rings is 1. The molecule has 2 aliphatic heterocycles. The van der Waals surface area contributed by atoms with Crippen LogP contribution in [0.3, 0.4) is 0 Å². The third-order valence-corrected chi connectivity index (χ3v) is 10.7. The lowest BCUT2D eigenvalue weighted by molar-refractivity contribution is -0.133. The van der Waals surface area contributed by atoms with Gasteiger partial charge in [0.2, 0.25) is 5.88 Å². The van der Waals surface area contributed by atoms with E-state index in [9.17, 15) is 9.59 Å². The van der Waals surface area contributed by atoms with E-state index < -0.39 is 8.07 Å². The molecule has 1 spiro atoms. The normalized spacial score (nSPS) is 18.4. The van der Waals surface area contributed by atoms with Crippen LogP contribution in [0.2, 0.25) is 25.7 Å². The van der Waals surface area contributed by atoms with E-state index in [1.807, 2.05) is 22.9 Å². The smallest absolute Gasteiger partial charge is 0.339 e. The minimum atomic E-state index is -1.16. The molecule has 1 saturated carbocycles. The number of carbonyl (C=O) groups is 2. The molecule has 0 N–H and O–H groups in total. The average Bonchev–Trinajstić information content (AvgIpc) is 3.22. The Labute approximate surface area is 248 Å². The zero-order valence-corrected chi connectivity index (χ0v) is 26.3. The largest absolute Gasteiger partial charge is 0.476 e. The maximum atomic E-state index is 13.0. The van der Waals surface area contributed by atoms with Crippen molar-refractivity contribution in [2.24, 2.45) is 5.41 Å². The second-order valence-corrected chi connectivity index (χ2v) is 18.9. The number of hydrogen-bond donors (Lipinski definition) is 0. The average molecular weight is 591 g/mol. The standard InChI is InChI=1S/C32H42N4O5Si/c1-39-31(38)26-7-6-24(34-13-9-32(10-14-34)20-25(37)21-32)19-27(26)36-11-5-15-41-30-28(36)18-23-8-12-35(29(23)33-30)22-40-16-17-42(2,3)4/h6-8,12,18-19H,5,9-11,13-17,20-22H2,1-4H3. The minimum Gasteiger partial charge on any atom is -0.476 e. The van der Waals surface area contributed by atoms with Gasteiger partial charge in [-0.3, -0.25) is 4.79 Å². The molecule has 1 aromatic carbocycles. The summed E-state index contributed by atoms with van der Waals surface area (Å²) in [7, 11) is 0.259. The Hall–Kier alpha value is -3.37. The topological polar surface area (TPSA) is 86.1 Å². The first kappa shape index (κ1) is 28.7. The number of benzene rings is 1. The number of Topliss-reactive ketones (excluding diaryl/α,β-unsaturated/α-hetero) is 1. The fourth-order valence-corrected chi connectivity index (χ4v) is 7.15. The third-order valence-electron chi connectivity index (χ3n) is 8.98. The number of carbonyl (C=O) groups excluding carboxylic acids is 2. The van der Waals surface area contributed by atoms with Crippen molar-refractivity contribution in [3.05, 3.63) is 42.1 Å². The van der Waals surface area contributed by atoms with Crippen LogP contribution < -0.4 is 14.5 Å². The number of hydrogen-bond acceptors (Lipinski definition) is 8. The monoisotopic (exact) mass is 590 g/mol. The second kappa shape index (κ2) is 11.4. The van der Waals surface area contributed by atoms with Crippen LogP contribution in [0.5, 0.6) is 5.88 Å². The van der Waals surface area contributed by atoms with Crippen molar-refractivity contribution < 1.29 is 23.8 Å². The Kier molecular flexibility index (Phi) is 7.78. The van der Waals surface area contributed by atoms with E-state index >= 15 is 0 Å². The number of fused-ring (bicyclic) bond motifs is 2. The summed E-state index contributed by atoms with van der Waals surface area (Å²) in [6.45, 7) is 11.3. The van der Waals surface area contributed by atoms with E-state index in [0.29, 0.717) is 37.1 Å². The Bertz CT molecular complexity index is 1480. The maximum absolute atomic E-state index is 13.0. The Balaban J connectivity index is 1.30. The van der Waals surface area contributed by atoms with E-state index in [4.69, 9.17) is 19.2 Å². The first-order valence-corrected chi connectivity index (χ1v) is 18.8. The van der Waals surface area contributed by atoms with Crippen LogP contribution in [0.4, 0.5) is 17.1 Å². The van der Waals surface area contributed by atoms with Gasteiger partial charge in [0.25, 0.3) is 0 Å². The van der Waals surface area contributed by atoms with Crippen LogP contribution in [0.15, 0.2) is 36.5 Å². The van der Waals surface area contributed by atoms with Crippen molar-refractivity contribution in [2.75, 3.05) is 49.8 Å². The fourth-order valence-electron chi connectivity index (χ4n) is 6.39. The van der Waals surface area contributed by atoms with Gasteiger partial charge in [-0.1, -0.05) is 19.6 Å². The van der Waals surface area contributed by atoms with Crippen molar-refractivity contribution in [3.63, 3.8) is 0 Å². The predicted molar refractivity (Wildman–Crippen MR) is 167 cm³/mol. The van der Waals surface area contributed by atoms with Gasteiger partial charge < -0.3 is 28.6 Å². The number of ether oxygens (including phenoxy) is 3. The number of anilines is 3. The SMILES string of the molecule is COC(=O)c1ccc(N2CCC3(CC2)CC(=O)C3)cc1N1CCCOc2nc3c(ccn3COCC[Si](C)(C)C)cc21. The molecule has 0 amide bonds. The van der Waals surface area contributed by atoms with Gasteiger partial charge in [0.05, 0.1) is 25.0 Å². The number of pyridine rings is 1. The van der Waals surface area contributed by atoms with Crippen molar-refractivity contribution >= 4 is 47.9 Å². The summed E-state index contributed by atoms with van der Waals surface area (Å²) < 4.78 is 19.4. The Morgan fingerprint density at radius 3 is 2.57 bits per heavy atom. The lowest BCUT2D eigenvalue weighted by Crippen LogP contribution is -2.47. The lowest BCUT2D eigenvalue weighted by Gasteiger charge is -2.47. The molecule has 3 aliphatic rings. The highest BCUT2D eigenvalue weighted by atomic mass is 28.3. The van der Waals surface area contributed by atoms with Crippen LogP contribution in [0.25, 0.3) is 11.0 Å². The third kappa shape index (κ3) is 5.79. The molecule has 3 aromatic rings. The molecular formula is C32H42N4O5Si. The second-order valence-electron chi connectivity index (χ2n) is 13.3. The molecule has 2 fully saturated rings. The van der Waals surface area contributed by atoms with Gasteiger partial charge in [0.15, 0.2) is 0 Å². The zero-order chi connectivity index (χ0) is 29.5. The molecule has 0 radical (unpaired) electrons. The molecule has 6 rings (SSSR count). The molecule has 1 saturated heterocycles. The number of nitrogens with zero attached hydrogens (tertiary/aromatic N) is 4. The summed E-state index contributed by atoms with van der Waals surface area (Å²) in [5.74, 6) is 0.574. The van der Waals surface area contributed by atoms with Crippen LogP contribution in [0, 0.1) is 5.41 Å². The van der Waals surface area contributed by atoms with Crippen LogP contribution in [-0.2, 0) is 21.0 Å². The molecule has 224 valence electrons. The van der Waals surface area contributed by atoms with Crippen LogP contribution in [-0.4, -0.2) is 69.3 Å². The Morgan fingerprint density at radius 2 is 1.86 bits per heavy atom. The van der Waals surface area contributed by atoms with Crippen molar-refractivity contribution in [1.29, 1.82) is 0 Å². The first-order chi connectivity index (χ1) is 20.1. The first-order valence-electron chi connectivity index (χ1n) is 15.1. The molecule has 1 aliphatic carbocycles. The molecule has 2 aromatic heterocycles. The minimum absolute atomic E-state index is 0.205. The van der Waals surface area contributed by atoms with Gasteiger partial charge in [0, 0.05) is 64.4 Å². The number of rotatable bonds is 8. The number of methoxy groups -OCH3 is 1. The van der Waals surface area contributed by atoms with Gasteiger partial charge in [-0.25, -0.2) is 4.79 Å². The molecular weight excluding hydrogens is 548 g/mol. The van der Waals surface area contributed by atoms with E-state index in [-0.39, 0.29) is 11.4 Å². The van der Waals surface area contributed by atoms with Crippen molar-refractivity contribution in [1.82, 2.24) is 9.55 Å². The maximum Gasteiger partial charge on any atom is 0.339 e. The van der Waals surface area contributed by atoms with Crippen molar-refractivity contribution in [2.45, 2.75) is 64.5 Å². The predicted octanol–water partition coefficient (Wildman–Crippen LogP) is 6.01. The van der Waals surface area contributed by atoms with E-state index in [0.717, 1.165) is 85.9 Å². The quantitative estimate of drug-likeness (QED) is 0.179. The molecule has 0 unspecified atom stereocenters. The Morgan fingerprint density at radius 1 is 1.07 bits per heavy atom. The summed E-state index contributed by atoms with van der Waals surface area (Å²) in [5, 5.41) is 0.991. The number of ketones is 1. The van der Waals surface area contributed by atoms with E-state index in [2.05, 4.69) is 47.6 Å². The molecule has 9 nitrogen and oxygen atoms in total. The van der Waals surface area contributed by atoms with E-state index in [1.165, 1.54) is 7.11 Å². The van der Waals surface area contributed by atoms with Gasteiger partial charge in [0.1, 0.15) is 23.8 Å². The fraction of sp³-hybridized carbons (Fsp3) is 0.531. The molecule has 0 bridgehead atoms. The highest BCUT2D eigenvalue weighted by Crippen LogP contribution is 2.48. The molecule has 0 atom stereocenters. The van der Waals surface area contributed by atoms with Gasteiger partial charge in [-0.15, -0.1) is 0 Å². The zero-order valence-electron chi connectivity index (χ0n) is 25.3. The van der Waals surface area contributed by atoms with Crippen molar-refractivity contribution in [3.8, 4) is 5.88 Å². The molecule has 42 heavy (non-hydrogen) atoms. The summed E-state index contributed by atoms with van der Waals surface area (Å²) in [6.07, 6.45) is 6.29. The van der Waals surface area contributed by atoms with Crippen LogP contribution >= 0.6 is 0 Å². The lowest BCUT2D eigenvalue weighted by atomic mass is 9.62. The van der Waals surface area contributed by atoms with Gasteiger partial charge >= 0.3 is 5.97 Å². The highest BCUT2D eigenvalue weighted by molar-refractivity contribution is 6.76. The van der Waals surface area contributed by atoms with Crippen LogP contribution in [0.1, 0.15) is 42.5 Å². The summed E-state index contributed by atoms with van der Waals surface area (Å²) >= 11 is 0.